The number of nitrogens with zero attached hydrogens (tertiary/aromatic N) is 3. The molecule has 6 nitrogen and oxygen atoms in total. The lowest BCUT2D eigenvalue weighted by molar-refractivity contribution is 0.0691. The monoisotopic (exact) mass is 300 g/mol. The summed E-state index contributed by atoms with van der Waals surface area (Å²) in [5, 5.41) is 15.2. The SMILES string of the molecule is CC(Nc1ncc2ccccc2n1)c1nc(C(=O)O)cs1. The Morgan fingerprint density at radius 3 is 2.90 bits per heavy atom. The fraction of sp³-hybridized carbons (Fsp3) is 0.143. The van der Waals surface area contributed by atoms with E-state index in [0.717, 1.165) is 10.9 Å². The molecule has 2 aromatic heterocycles. The number of nitrogens with one attached hydrogen (secondary N) is 1. The van der Waals surface area contributed by atoms with E-state index in [-0.39, 0.29) is 11.7 Å². The van der Waals surface area contributed by atoms with Crippen LogP contribution < -0.4 is 5.32 Å². The molecule has 2 N–H and O–H groups in total. The zero-order chi connectivity index (χ0) is 14.8. The molecule has 1 atom stereocenters. The normalized spacial score (nSPS) is 12.2. The van der Waals surface area contributed by atoms with Gasteiger partial charge in [0, 0.05) is 17.0 Å². The molecule has 3 aromatic rings. The quantitative estimate of drug-likeness (QED) is 0.770. The number of hydrogen-bond acceptors (Lipinski definition) is 6. The molecule has 0 radical (unpaired) electrons. The number of carboxylic acid groups (broad SMARTS) is 1. The standard InChI is InChI=1S/C14H12N4O2S/c1-8(12-17-11(7-21-12)13(19)20)16-14-15-6-9-4-2-3-5-10(9)18-14/h2-8H,1H3,(H,19,20)(H,15,16,18). The highest BCUT2D eigenvalue weighted by molar-refractivity contribution is 7.09. The van der Waals surface area contributed by atoms with Crippen LogP contribution in [-0.2, 0) is 0 Å². The summed E-state index contributed by atoms with van der Waals surface area (Å²) in [6.07, 6.45) is 1.75. The molecule has 0 saturated heterocycles. The van der Waals surface area contributed by atoms with Crippen molar-refractivity contribution in [3.8, 4) is 0 Å². The topological polar surface area (TPSA) is 88.0 Å². The van der Waals surface area contributed by atoms with Crippen LogP contribution in [0.15, 0.2) is 35.8 Å². The van der Waals surface area contributed by atoms with Gasteiger partial charge in [0.2, 0.25) is 5.95 Å². The first kappa shape index (κ1) is 13.4. The van der Waals surface area contributed by atoms with Gasteiger partial charge in [0.15, 0.2) is 5.69 Å². The van der Waals surface area contributed by atoms with Gasteiger partial charge in [-0.15, -0.1) is 11.3 Å². The maximum absolute atomic E-state index is 10.8. The summed E-state index contributed by atoms with van der Waals surface area (Å²) in [6, 6.07) is 7.55. The van der Waals surface area contributed by atoms with Gasteiger partial charge >= 0.3 is 5.97 Å². The zero-order valence-electron chi connectivity index (χ0n) is 11.1. The van der Waals surface area contributed by atoms with Crippen molar-refractivity contribution in [3.63, 3.8) is 0 Å². The molecule has 21 heavy (non-hydrogen) atoms. The van der Waals surface area contributed by atoms with E-state index >= 15 is 0 Å². The van der Waals surface area contributed by atoms with Gasteiger partial charge in [0.05, 0.1) is 11.6 Å². The number of fused-ring (bicyclic) bond motifs is 1. The molecule has 0 bridgehead atoms. The van der Waals surface area contributed by atoms with E-state index in [4.69, 9.17) is 5.11 Å². The maximum atomic E-state index is 10.8. The third-order valence-corrected chi connectivity index (χ3v) is 3.97. The number of aromatic carboxylic acids is 1. The summed E-state index contributed by atoms with van der Waals surface area (Å²) < 4.78 is 0. The van der Waals surface area contributed by atoms with Gasteiger partial charge in [-0.1, -0.05) is 18.2 Å². The first-order chi connectivity index (χ1) is 10.1. The molecule has 2 heterocycles. The number of aromatic nitrogens is 3. The van der Waals surface area contributed by atoms with E-state index in [2.05, 4.69) is 20.3 Å². The van der Waals surface area contributed by atoms with Crippen LogP contribution in [0.5, 0.6) is 0 Å². The highest BCUT2D eigenvalue weighted by Gasteiger charge is 2.14. The Bertz CT molecular complexity index is 802. The lowest BCUT2D eigenvalue weighted by Crippen LogP contribution is -2.09. The number of carboxylic acids is 1. The Balaban J connectivity index is 1.81. The Kier molecular flexibility index (Phi) is 3.49. The summed E-state index contributed by atoms with van der Waals surface area (Å²) in [4.78, 5) is 23.6. The first-order valence-corrected chi connectivity index (χ1v) is 7.18. The van der Waals surface area contributed by atoms with Gasteiger partial charge in [-0.3, -0.25) is 0 Å². The number of thiazole rings is 1. The Morgan fingerprint density at radius 2 is 2.14 bits per heavy atom. The van der Waals surface area contributed by atoms with E-state index in [0.29, 0.717) is 11.0 Å². The molecule has 0 spiro atoms. The molecule has 0 aliphatic rings. The van der Waals surface area contributed by atoms with Crippen LogP contribution in [-0.4, -0.2) is 26.0 Å². The van der Waals surface area contributed by atoms with Gasteiger partial charge < -0.3 is 10.4 Å². The number of benzene rings is 1. The highest BCUT2D eigenvalue weighted by atomic mass is 32.1. The lowest BCUT2D eigenvalue weighted by atomic mass is 10.2. The number of hydrogen-bond donors (Lipinski definition) is 2. The van der Waals surface area contributed by atoms with Crippen LogP contribution in [0, 0.1) is 0 Å². The molecule has 0 aliphatic carbocycles. The molecular weight excluding hydrogens is 288 g/mol. The predicted octanol–water partition coefficient (Wildman–Crippen LogP) is 2.96. The van der Waals surface area contributed by atoms with Crippen LogP contribution in [0.4, 0.5) is 5.95 Å². The average Bonchev–Trinajstić information content (AvgIpc) is 2.97. The van der Waals surface area contributed by atoms with Crippen molar-refractivity contribution in [1.29, 1.82) is 0 Å². The molecule has 106 valence electrons. The van der Waals surface area contributed by atoms with Gasteiger partial charge in [-0.25, -0.2) is 19.7 Å². The van der Waals surface area contributed by atoms with Crippen molar-refractivity contribution in [2.24, 2.45) is 0 Å². The Morgan fingerprint density at radius 1 is 1.33 bits per heavy atom. The van der Waals surface area contributed by atoms with Crippen molar-refractivity contribution in [2.45, 2.75) is 13.0 Å². The zero-order valence-corrected chi connectivity index (χ0v) is 12.0. The molecule has 1 unspecified atom stereocenters. The minimum atomic E-state index is -1.02. The van der Waals surface area contributed by atoms with Crippen LogP contribution in [0.2, 0.25) is 0 Å². The van der Waals surface area contributed by atoms with Crippen molar-refractivity contribution in [1.82, 2.24) is 15.0 Å². The fourth-order valence-corrected chi connectivity index (χ4v) is 2.68. The van der Waals surface area contributed by atoms with E-state index < -0.39 is 5.97 Å². The molecule has 0 saturated carbocycles. The number of rotatable bonds is 4. The second-order valence-electron chi connectivity index (χ2n) is 4.49. The van der Waals surface area contributed by atoms with Gasteiger partial charge in [0.25, 0.3) is 0 Å². The number of carbonyl (C=O) groups is 1. The van der Waals surface area contributed by atoms with Crippen molar-refractivity contribution in [2.75, 3.05) is 5.32 Å². The molecule has 0 fully saturated rings. The van der Waals surface area contributed by atoms with E-state index in [9.17, 15) is 4.79 Å². The third kappa shape index (κ3) is 2.82. The van der Waals surface area contributed by atoms with E-state index in [1.54, 1.807) is 6.20 Å². The highest BCUT2D eigenvalue weighted by Crippen LogP contribution is 2.21. The van der Waals surface area contributed by atoms with Crippen LogP contribution in [0.25, 0.3) is 10.9 Å². The second kappa shape index (κ2) is 5.45. The molecule has 0 amide bonds. The van der Waals surface area contributed by atoms with Crippen molar-refractivity contribution in [3.05, 3.63) is 46.5 Å². The summed E-state index contributed by atoms with van der Waals surface area (Å²) in [5.74, 6) is -0.528. The number of para-hydroxylation sites is 1. The van der Waals surface area contributed by atoms with E-state index in [1.807, 2.05) is 31.2 Å². The molecular formula is C14H12N4O2S. The largest absolute Gasteiger partial charge is 0.476 e. The molecule has 0 aliphatic heterocycles. The Hall–Kier alpha value is -2.54. The number of anilines is 1. The van der Waals surface area contributed by atoms with Crippen LogP contribution >= 0.6 is 11.3 Å². The average molecular weight is 300 g/mol. The lowest BCUT2D eigenvalue weighted by Gasteiger charge is -2.11. The fourth-order valence-electron chi connectivity index (χ4n) is 1.88. The molecule has 7 heteroatoms. The maximum Gasteiger partial charge on any atom is 0.355 e. The first-order valence-electron chi connectivity index (χ1n) is 6.30. The van der Waals surface area contributed by atoms with Gasteiger partial charge in [0.1, 0.15) is 5.01 Å². The minimum absolute atomic E-state index is 0.0584. The minimum Gasteiger partial charge on any atom is -0.476 e. The summed E-state index contributed by atoms with van der Waals surface area (Å²) in [7, 11) is 0. The van der Waals surface area contributed by atoms with Crippen LogP contribution in [0.1, 0.15) is 28.5 Å². The third-order valence-electron chi connectivity index (χ3n) is 2.95. The van der Waals surface area contributed by atoms with Crippen molar-refractivity contribution >= 4 is 34.2 Å². The summed E-state index contributed by atoms with van der Waals surface area (Å²) >= 11 is 1.30. The molecule has 3 rings (SSSR count). The summed E-state index contributed by atoms with van der Waals surface area (Å²) in [6.45, 7) is 1.89. The Labute approximate surface area is 124 Å². The smallest absolute Gasteiger partial charge is 0.355 e. The van der Waals surface area contributed by atoms with Crippen molar-refractivity contribution < 1.29 is 9.90 Å². The summed E-state index contributed by atoms with van der Waals surface area (Å²) in [5.41, 5.74) is 0.913. The second-order valence-corrected chi connectivity index (χ2v) is 5.38. The van der Waals surface area contributed by atoms with E-state index in [1.165, 1.54) is 16.7 Å². The van der Waals surface area contributed by atoms with Gasteiger partial charge in [-0.2, -0.15) is 0 Å². The van der Waals surface area contributed by atoms with Crippen LogP contribution in [0.3, 0.4) is 0 Å². The van der Waals surface area contributed by atoms with Gasteiger partial charge in [-0.05, 0) is 13.0 Å². The molecule has 1 aromatic carbocycles. The predicted molar refractivity (Wildman–Crippen MR) is 80.6 cm³/mol.